The molecule has 1 saturated carbocycles. The summed E-state index contributed by atoms with van der Waals surface area (Å²) in [5.74, 6) is -0.768. The molecule has 2 heterocycles. The van der Waals surface area contributed by atoms with Crippen LogP contribution in [0.3, 0.4) is 0 Å². The molecule has 2 amide bonds. The molecule has 1 fully saturated rings. The zero-order valence-electron chi connectivity index (χ0n) is 22.5. The Balaban J connectivity index is 1.71. The van der Waals surface area contributed by atoms with Crippen LogP contribution >= 0.6 is 0 Å². The molecule has 0 spiro atoms. The highest BCUT2D eigenvalue weighted by Gasteiger charge is 2.30. The van der Waals surface area contributed by atoms with Crippen molar-refractivity contribution in [3.05, 3.63) is 53.9 Å². The molecule has 4 rings (SSSR count). The third-order valence-corrected chi connectivity index (χ3v) is 5.56. The number of aliphatic hydroxyl groups is 1. The molecule has 0 radical (unpaired) electrons. The summed E-state index contributed by atoms with van der Waals surface area (Å²) < 4.78 is 27.8. The van der Waals surface area contributed by atoms with Gasteiger partial charge in [0.15, 0.2) is 17.3 Å². The summed E-state index contributed by atoms with van der Waals surface area (Å²) in [5, 5.41) is 25.7. The summed E-state index contributed by atoms with van der Waals surface area (Å²) in [5.41, 5.74) is 1.03. The van der Waals surface area contributed by atoms with Gasteiger partial charge in [-0.3, -0.25) is 14.6 Å². The first kappa shape index (κ1) is 20.3. The van der Waals surface area contributed by atoms with Crippen LogP contribution in [0.5, 0.6) is 5.75 Å². The number of benzene rings is 1. The average Bonchev–Trinajstić information content (AvgIpc) is 3.68. The molecule has 1 aliphatic rings. The van der Waals surface area contributed by atoms with Gasteiger partial charge in [-0.05, 0) is 44.9 Å². The van der Waals surface area contributed by atoms with Gasteiger partial charge in [-0.2, -0.15) is 0 Å². The van der Waals surface area contributed by atoms with Gasteiger partial charge >= 0.3 is 0 Å². The minimum absolute atomic E-state index is 0.0844. The third-order valence-electron chi connectivity index (χ3n) is 5.56. The number of carbonyl (C=O) groups excluding carboxylic acids is 2. The highest BCUT2D eigenvalue weighted by Crippen LogP contribution is 2.38. The van der Waals surface area contributed by atoms with E-state index in [1.165, 1.54) is 13.2 Å². The first-order valence-electron chi connectivity index (χ1n) is 12.5. The number of aromatic nitrogens is 3. The van der Waals surface area contributed by atoms with E-state index in [0.717, 1.165) is 12.8 Å². The number of nitrogens with zero attached hydrogens (tertiary/aromatic N) is 3. The van der Waals surface area contributed by atoms with Crippen molar-refractivity contribution >= 4 is 29.0 Å². The minimum atomic E-state index is -2.74. The van der Waals surface area contributed by atoms with Gasteiger partial charge in [0.1, 0.15) is 0 Å². The lowest BCUT2D eigenvalue weighted by atomic mass is 9.99. The van der Waals surface area contributed by atoms with Crippen LogP contribution in [-0.4, -0.2) is 46.2 Å². The van der Waals surface area contributed by atoms with E-state index in [1.807, 2.05) is 5.32 Å². The number of para-hydroxylation sites is 1. The predicted octanol–water partition coefficient (Wildman–Crippen LogP) is 3.23. The van der Waals surface area contributed by atoms with Crippen LogP contribution in [0.2, 0.25) is 0 Å². The van der Waals surface area contributed by atoms with E-state index in [2.05, 4.69) is 25.8 Å². The first-order valence-corrected chi connectivity index (χ1v) is 11.0. The van der Waals surface area contributed by atoms with E-state index in [4.69, 9.17) is 8.85 Å². The second-order valence-electron chi connectivity index (χ2n) is 8.71. The molecule has 1 aromatic carbocycles. The lowest BCUT2D eigenvalue weighted by molar-refractivity contribution is -0.117. The smallest absolute Gasteiger partial charge is 0.273 e. The highest BCUT2D eigenvalue weighted by molar-refractivity contribution is 6.00. The molecule has 10 heteroatoms. The standard InChI is InChI=1S/C25H28N6O4/c1-25(2,34)15-10-11-17(27-13-15)16-6-5-7-18(22(16)35-4)28-19-12-20(29-23(32)14-8-9-14)30-31-21(19)24(33)26-3/h5-7,10-14,34H,8-9H2,1-4H3,(H,26,33)(H2,28,29,30,32)/i3D3. The lowest BCUT2D eigenvalue weighted by Crippen LogP contribution is -2.22. The summed E-state index contributed by atoms with van der Waals surface area (Å²) in [4.78, 5) is 29.4. The molecule has 35 heavy (non-hydrogen) atoms. The fraction of sp³-hybridized carbons (Fsp3) is 0.320. The van der Waals surface area contributed by atoms with Crippen molar-refractivity contribution in [2.75, 3.05) is 24.7 Å². The van der Waals surface area contributed by atoms with Gasteiger partial charge in [-0.1, -0.05) is 12.1 Å². The maximum atomic E-state index is 12.7. The monoisotopic (exact) mass is 479 g/mol. The molecule has 0 unspecified atom stereocenters. The van der Waals surface area contributed by atoms with Gasteiger partial charge in [0.2, 0.25) is 5.91 Å². The normalized spacial score (nSPS) is 14.8. The number of hydrogen-bond donors (Lipinski definition) is 4. The van der Waals surface area contributed by atoms with E-state index < -0.39 is 18.5 Å². The van der Waals surface area contributed by atoms with Crippen molar-refractivity contribution in [2.45, 2.75) is 32.3 Å². The van der Waals surface area contributed by atoms with E-state index in [0.29, 0.717) is 28.3 Å². The Morgan fingerprint density at radius 3 is 2.60 bits per heavy atom. The van der Waals surface area contributed by atoms with Crippen LogP contribution in [0.25, 0.3) is 11.3 Å². The van der Waals surface area contributed by atoms with Gasteiger partial charge in [0, 0.05) is 40.4 Å². The Bertz CT molecular complexity index is 1350. The summed E-state index contributed by atoms with van der Waals surface area (Å²) >= 11 is 0. The Labute approximate surface area is 207 Å². The van der Waals surface area contributed by atoms with Crippen molar-refractivity contribution < 1.29 is 23.5 Å². The van der Waals surface area contributed by atoms with Crippen LogP contribution in [0.15, 0.2) is 42.6 Å². The highest BCUT2D eigenvalue weighted by atomic mass is 16.5. The molecular formula is C25H28N6O4. The number of hydrogen-bond acceptors (Lipinski definition) is 8. The summed E-state index contributed by atoms with van der Waals surface area (Å²) in [7, 11) is 1.48. The number of methoxy groups -OCH3 is 1. The van der Waals surface area contributed by atoms with Gasteiger partial charge in [0.05, 0.1) is 29.8 Å². The molecule has 0 atom stereocenters. The van der Waals surface area contributed by atoms with Crippen molar-refractivity contribution in [3.8, 4) is 17.0 Å². The quantitative estimate of drug-likeness (QED) is 0.386. The van der Waals surface area contributed by atoms with Gasteiger partial charge in [-0.15, -0.1) is 10.2 Å². The van der Waals surface area contributed by atoms with Crippen LogP contribution in [-0.2, 0) is 10.4 Å². The molecule has 0 saturated heterocycles. The summed E-state index contributed by atoms with van der Waals surface area (Å²) in [6, 6.07) is 10.2. The zero-order chi connectivity index (χ0) is 27.7. The summed E-state index contributed by atoms with van der Waals surface area (Å²) in [6.07, 6.45) is 3.16. The molecule has 182 valence electrons. The van der Waals surface area contributed by atoms with E-state index in [1.54, 1.807) is 50.4 Å². The molecule has 3 aromatic rings. The average molecular weight is 480 g/mol. The molecule has 0 aliphatic heterocycles. The van der Waals surface area contributed by atoms with Crippen molar-refractivity contribution in [1.29, 1.82) is 0 Å². The van der Waals surface area contributed by atoms with E-state index in [-0.39, 0.29) is 29.0 Å². The molecule has 2 aromatic heterocycles. The topological polar surface area (TPSA) is 138 Å². The van der Waals surface area contributed by atoms with Crippen molar-refractivity contribution in [3.63, 3.8) is 0 Å². The van der Waals surface area contributed by atoms with Crippen LogP contribution in [0.1, 0.15) is 46.9 Å². The van der Waals surface area contributed by atoms with E-state index >= 15 is 0 Å². The minimum Gasteiger partial charge on any atom is -0.494 e. The number of pyridine rings is 1. The molecule has 10 nitrogen and oxygen atoms in total. The maximum Gasteiger partial charge on any atom is 0.273 e. The number of carbonyl (C=O) groups is 2. The molecule has 1 aliphatic carbocycles. The van der Waals surface area contributed by atoms with Gasteiger partial charge < -0.3 is 25.8 Å². The fourth-order valence-corrected chi connectivity index (χ4v) is 3.47. The lowest BCUT2D eigenvalue weighted by Gasteiger charge is -2.19. The molecular weight excluding hydrogens is 448 g/mol. The van der Waals surface area contributed by atoms with E-state index in [9.17, 15) is 14.7 Å². The third kappa shape index (κ3) is 5.38. The number of anilines is 3. The van der Waals surface area contributed by atoms with Crippen LogP contribution in [0, 0.1) is 5.92 Å². The SMILES string of the molecule is [2H]C([2H])([2H])NC(=O)c1nnc(NC(=O)C2CC2)cc1Nc1cccc(-c2ccc(C(C)(C)O)cn2)c1OC. The Hall–Kier alpha value is -4.05. The largest absolute Gasteiger partial charge is 0.494 e. The Morgan fingerprint density at radius 2 is 1.97 bits per heavy atom. The Kier molecular flexibility index (Phi) is 5.62. The van der Waals surface area contributed by atoms with Gasteiger partial charge in [0.25, 0.3) is 5.91 Å². The van der Waals surface area contributed by atoms with Crippen molar-refractivity contribution in [1.82, 2.24) is 20.5 Å². The molecule has 0 bridgehead atoms. The van der Waals surface area contributed by atoms with Crippen LogP contribution in [0.4, 0.5) is 17.2 Å². The number of rotatable bonds is 8. The first-order chi connectivity index (χ1) is 17.9. The Morgan fingerprint density at radius 1 is 1.17 bits per heavy atom. The summed E-state index contributed by atoms with van der Waals surface area (Å²) in [6.45, 7) is 0.588. The maximum absolute atomic E-state index is 12.7. The number of amides is 2. The number of nitrogens with one attached hydrogen (secondary N) is 3. The molecule has 4 N–H and O–H groups in total. The van der Waals surface area contributed by atoms with Crippen molar-refractivity contribution in [2.24, 2.45) is 5.92 Å². The second-order valence-corrected chi connectivity index (χ2v) is 8.71. The second kappa shape index (κ2) is 9.67. The van der Waals surface area contributed by atoms with Crippen LogP contribution < -0.4 is 20.7 Å². The fourth-order valence-electron chi connectivity index (χ4n) is 3.47. The number of ether oxygens (including phenoxy) is 1. The van der Waals surface area contributed by atoms with Gasteiger partial charge in [-0.25, -0.2) is 0 Å². The predicted molar refractivity (Wildman–Crippen MR) is 132 cm³/mol. The zero-order valence-corrected chi connectivity index (χ0v) is 19.5.